The van der Waals surface area contributed by atoms with Crippen LogP contribution in [-0.2, 0) is 11.3 Å². The van der Waals surface area contributed by atoms with Gasteiger partial charge in [0.1, 0.15) is 17.3 Å². The Kier molecular flexibility index (Phi) is 4.26. The van der Waals surface area contributed by atoms with E-state index in [0.717, 1.165) is 0 Å². The summed E-state index contributed by atoms with van der Waals surface area (Å²) in [6.45, 7) is 0.192. The molecule has 0 saturated heterocycles. The molecule has 0 heterocycles. The Morgan fingerprint density at radius 3 is 2.58 bits per heavy atom. The van der Waals surface area contributed by atoms with Crippen LogP contribution in [0, 0.1) is 9.39 Å². The first-order valence-corrected chi connectivity index (χ1v) is 6.61. The molecular weight excluding hydrogens is 362 g/mol. The minimum absolute atomic E-state index is 0.0945. The minimum Gasteiger partial charge on any atom is -0.507 e. The number of phenols is 2. The van der Waals surface area contributed by atoms with E-state index in [-0.39, 0.29) is 29.2 Å². The molecule has 0 atom stereocenters. The van der Waals surface area contributed by atoms with Gasteiger partial charge in [0, 0.05) is 12.7 Å². The van der Waals surface area contributed by atoms with Crippen molar-refractivity contribution in [3.8, 4) is 22.6 Å². The van der Waals surface area contributed by atoms with Crippen LogP contribution in [0.5, 0.6) is 11.5 Å². The monoisotopic (exact) mass is 374 g/mol. The Hall–Kier alpha value is -1.34. The van der Waals surface area contributed by atoms with Gasteiger partial charge in [-0.05, 0) is 46.4 Å². The molecule has 0 unspecified atom stereocenters. The fourth-order valence-electron chi connectivity index (χ4n) is 1.93. The van der Waals surface area contributed by atoms with Gasteiger partial charge in [0.2, 0.25) is 0 Å². The molecule has 0 radical (unpaired) electrons. The first-order chi connectivity index (χ1) is 9.06. The number of hydrogen-bond acceptors (Lipinski definition) is 3. The standard InChI is InChI=1S/C14H12FIO3/c1-19-7-8-3-2-4-9(15)12(8)13-11(17)6-5-10(16)14(13)18/h2-6,17-18H,7H2,1H3. The van der Waals surface area contributed by atoms with Crippen molar-refractivity contribution < 1.29 is 19.3 Å². The average molecular weight is 374 g/mol. The second kappa shape index (κ2) is 5.75. The minimum atomic E-state index is -0.512. The quantitative estimate of drug-likeness (QED) is 0.807. The lowest BCUT2D eigenvalue weighted by Crippen LogP contribution is -1.96. The highest BCUT2D eigenvalue weighted by Crippen LogP contribution is 2.42. The summed E-state index contributed by atoms with van der Waals surface area (Å²) >= 11 is 1.92. The van der Waals surface area contributed by atoms with E-state index in [2.05, 4.69) is 0 Å². The van der Waals surface area contributed by atoms with Crippen LogP contribution in [0.4, 0.5) is 4.39 Å². The van der Waals surface area contributed by atoms with Crippen molar-refractivity contribution in [1.82, 2.24) is 0 Å². The molecule has 0 aliphatic heterocycles. The molecule has 2 aromatic rings. The molecule has 100 valence electrons. The molecule has 19 heavy (non-hydrogen) atoms. The summed E-state index contributed by atoms with van der Waals surface area (Å²) in [5.41, 5.74) is 0.824. The van der Waals surface area contributed by atoms with Crippen LogP contribution < -0.4 is 0 Å². The summed E-state index contributed by atoms with van der Waals surface area (Å²) in [7, 11) is 1.50. The third-order valence-corrected chi connectivity index (χ3v) is 3.63. The molecule has 0 saturated carbocycles. The van der Waals surface area contributed by atoms with Crippen molar-refractivity contribution in [3.05, 3.63) is 45.3 Å². The zero-order valence-electron chi connectivity index (χ0n) is 10.2. The maximum atomic E-state index is 14.1. The van der Waals surface area contributed by atoms with Gasteiger partial charge < -0.3 is 14.9 Å². The van der Waals surface area contributed by atoms with Gasteiger partial charge in [0.25, 0.3) is 0 Å². The van der Waals surface area contributed by atoms with Crippen molar-refractivity contribution >= 4 is 22.6 Å². The highest BCUT2D eigenvalue weighted by molar-refractivity contribution is 14.1. The Morgan fingerprint density at radius 1 is 1.16 bits per heavy atom. The largest absolute Gasteiger partial charge is 0.507 e. The second-order valence-corrected chi connectivity index (χ2v) is 5.16. The average Bonchev–Trinajstić information content (AvgIpc) is 2.38. The van der Waals surface area contributed by atoms with E-state index in [9.17, 15) is 14.6 Å². The first kappa shape index (κ1) is 14.1. The maximum absolute atomic E-state index is 14.1. The fourth-order valence-corrected chi connectivity index (χ4v) is 2.38. The Balaban J connectivity index is 2.75. The number of phenolic OH excluding ortho intramolecular Hbond substituents is 2. The molecule has 0 aliphatic carbocycles. The molecule has 0 amide bonds. The van der Waals surface area contributed by atoms with Gasteiger partial charge in [-0.1, -0.05) is 12.1 Å². The Bertz CT molecular complexity index is 614. The van der Waals surface area contributed by atoms with Gasteiger partial charge in [-0.2, -0.15) is 0 Å². The number of ether oxygens (including phenoxy) is 1. The van der Waals surface area contributed by atoms with Gasteiger partial charge in [-0.3, -0.25) is 0 Å². The predicted octanol–water partition coefficient (Wildman–Crippen LogP) is 3.65. The van der Waals surface area contributed by atoms with Gasteiger partial charge in [0.15, 0.2) is 0 Å². The predicted molar refractivity (Wildman–Crippen MR) is 78.6 cm³/mol. The molecule has 2 N–H and O–H groups in total. The van der Waals surface area contributed by atoms with Crippen LogP contribution >= 0.6 is 22.6 Å². The van der Waals surface area contributed by atoms with Gasteiger partial charge >= 0.3 is 0 Å². The summed E-state index contributed by atoms with van der Waals surface area (Å²) in [6, 6.07) is 7.54. The normalized spacial score (nSPS) is 10.7. The number of methoxy groups -OCH3 is 1. The molecule has 0 bridgehead atoms. The third kappa shape index (κ3) is 2.66. The number of halogens is 2. The van der Waals surface area contributed by atoms with E-state index in [1.165, 1.54) is 19.2 Å². The number of aromatic hydroxyl groups is 2. The lowest BCUT2D eigenvalue weighted by Gasteiger charge is -2.14. The van der Waals surface area contributed by atoms with E-state index in [1.54, 1.807) is 18.2 Å². The molecule has 3 nitrogen and oxygen atoms in total. The van der Waals surface area contributed by atoms with E-state index in [0.29, 0.717) is 9.13 Å². The summed E-state index contributed by atoms with van der Waals surface area (Å²) < 4.78 is 19.6. The molecule has 0 aliphatic rings. The highest BCUT2D eigenvalue weighted by atomic mass is 127. The van der Waals surface area contributed by atoms with Crippen molar-refractivity contribution in [3.63, 3.8) is 0 Å². The maximum Gasteiger partial charge on any atom is 0.140 e. The Morgan fingerprint density at radius 2 is 1.89 bits per heavy atom. The molecule has 2 rings (SSSR count). The van der Waals surface area contributed by atoms with E-state index in [1.807, 2.05) is 22.6 Å². The molecule has 0 aromatic heterocycles. The van der Waals surface area contributed by atoms with Crippen LogP contribution in [0.15, 0.2) is 30.3 Å². The summed E-state index contributed by atoms with van der Waals surface area (Å²) in [6.07, 6.45) is 0. The zero-order chi connectivity index (χ0) is 14.0. The number of rotatable bonds is 3. The molecular formula is C14H12FIO3. The van der Waals surface area contributed by atoms with Crippen LogP contribution in [0.25, 0.3) is 11.1 Å². The number of benzene rings is 2. The SMILES string of the molecule is COCc1cccc(F)c1-c1c(O)ccc(I)c1O. The lowest BCUT2D eigenvalue weighted by atomic mass is 9.97. The van der Waals surface area contributed by atoms with Crippen molar-refractivity contribution in [2.75, 3.05) is 7.11 Å². The van der Waals surface area contributed by atoms with Crippen molar-refractivity contribution in [2.24, 2.45) is 0 Å². The van der Waals surface area contributed by atoms with Crippen LogP contribution in [0.3, 0.4) is 0 Å². The topological polar surface area (TPSA) is 49.7 Å². The summed E-state index contributed by atoms with van der Waals surface area (Å²) in [5.74, 6) is -0.814. The van der Waals surface area contributed by atoms with Crippen LogP contribution in [0.1, 0.15) is 5.56 Å². The van der Waals surface area contributed by atoms with Gasteiger partial charge in [-0.25, -0.2) is 4.39 Å². The fraction of sp³-hybridized carbons (Fsp3) is 0.143. The molecule has 2 aromatic carbocycles. The van der Waals surface area contributed by atoms with E-state index < -0.39 is 5.82 Å². The van der Waals surface area contributed by atoms with Crippen molar-refractivity contribution in [2.45, 2.75) is 6.61 Å². The molecule has 0 spiro atoms. The van der Waals surface area contributed by atoms with Crippen LogP contribution in [0.2, 0.25) is 0 Å². The molecule has 5 heteroatoms. The second-order valence-electron chi connectivity index (χ2n) is 4.00. The zero-order valence-corrected chi connectivity index (χ0v) is 12.3. The third-order valence-electron chi connectivity index (χ3n) is 2.76. The number of hydrogen-bond donors (Lipinski definition) is 2. The van der Waals surface area contributed by atoms with Crippen LogP contribution in [-0.4, -0.2) is 17.3 Å². The highest BCUT2D eigenvalue weighted by Gasteiger charge is 2.19. The molecule has 0 fully saturated rings. The smallest absolute Gasteiger partial charge is 0.140 e. The van der Waals surface area contributed by atoms with Gasteiger partial charge in [0.05, 0.1) is 15.7 Å². The first-order valence-electron chi connectivity index (χ1n) is 5.53. The lowest BCUT2D eigenvalue weighted by molar-refractivity contribution is 0.185. The van der Waals surface area contributed by atoms with E-state index >= 15 is 0 Å². The Labute approximate surface area is 123 Å². The van der Waals surface area contributed by atoms with Crippen molar-refractivity contribution in [1.29, 1.82) is 0 Å². The van der Waals surface area contributed by atoms with Gasteiger partial charge in [-0.15, -0.1) is 0 Å². The summed E-state index contributed by atoms with van der Waals surface area (Å²) in [5, 5.41) is 20.0. The summed E-state index contributed by atoms with van der Waals surface area (Å²) in [4.78, 5) is 0. The van der Waals surface area contributed by atoms with E-state index in [4.69, 9.17) is 4.74 Å².